The van der Waals surface area contributed by atoms with Gasteiger partial charge in [0.15, 0.2) is 5.69 Å². The molecule has 110 valence electrons. The van der Waals surface area contributed by atoms with Gasteiger partial charge < -0.3 is 9.30 Å². The monoisotopic (exact) mass is 288 g/mol. The van der Waals surface area contributed by atoms with Gasteiger partial charge in [0.05, 0.1) is 19.0 Å². The van der Waals surface area contributed by atoms with Crippen LogP contribution in [0.25, 0.3) is 0 Å². The van der Waals surface area contributed by atoms with Crippen molar-refractivity contribution in [2.24, 2.45) is 5.92 Å². The Morgan fingerprint density at radius 3 is 2.81 bits per heavy atom. The lowest BCUT2D eigenvalue weighted by Gasteiger charge is -2.16. The first-order valence-electron chi connectivity index (χ1n) is 7.11. The van der Waals surface area contributed by atoms with Gasteiger partial charge in [0.1, 0.15) is 0 Å². The second-order valence-corrected chi connectivity index (χ2v) is 5.42. The van der Waals surface area contributed by atoms with Crippen LogP contribution in [-0.4, -0.2) is 22.1 Å². The lowest BCUT2D eigenvalue weighted by atomic mass is 10.1. The maximum Gasteiger partial charge on any atom is 0.359 e. The van der Waals surface area contributed by atoms with Crippen LogP contribution in [0.4, 0.5) is 4.39 Å². The number of rotatable bonds is 5. The summed E-state index contributed by atoms with van der Waals surface area (Å²) in [5.74, 6) is -0.974. The zero-order valence-corrected chi connectivity index (χ0v) is 11.8. The molecule has 1 aliphatic carbocycles. The molecule has 0 bridgehead atoms. The molecule has 0 amide bonds. The quantitative estimate of drug-likeness (QED) is 0.794. The Kier molecular flexibility index (Phi) is 3.73. The summed E-state index contributed by atoms with van der Waals surface area (Å²) in [6.07, 6.45) is 3.51. The van der Waals surface area contributed by atoms with Crippen LogP contribution < -0.4 is 0 Å². The summed E-state index contributed by atoms with van der Waals surface area (Å²) in [6.45, 7) is 2.26. The van der Waals surface area contributed by atoms with Crippen molar-refractivity contribution in [3.05, 3.63) is 53.9 Å². The van der Waals surface area contributed by atoms with E-state index < -0.39 is 11.9 Å². The van der Waals surface area contributed by atoms with Gasteiger partial charge in [-0.15, -0.1) is 0 Å². The third kappa shape index (κ3) is 2.96. The molecule has 0 saturated heterocycles. The smallest absolute Gasteiger partial charge is 0.359 e. The van der Waals surface area contributed by atoms with E-state index in [0.29, 0.717) is 12.5 Å². The molecule has 0 spiro atoms. The predicted molar refractivity (Wildman–Crippen MR) is 75.4 cm³/mol. The van der Waals surface area contributed by atoms with Gasteiger partial charge in [-0.05, 0) is 31.2 Å². The average Bonchev–Trinajstić information content (AvgIpc) is 3.26. The van der Waals surface area contributed by atoms with Gasteiger partial charge in [-0.25, -0.2) is 9.78 Å². The number of halogens is 1. The van der Waals surface area contributed by atoms with Crippen molar-refractivity contribution in [2.45, 2.75) is 25.8 Å². The summed E-state index contributed by atoms with van der Waals surface area (Å²) in [5.41, 5.74) is 0.873. The number of nitrogens with zero attached hydrogens (tertiary/aromatic N) is 2. The van der Waals surface area contributed by atoms with Crippen LogP contribution in [0.15, 0.2) is 36.7 Å². The minimum atomic E-state index is -0.779. The van der Waals surface area contributed by atoms with Gasteiger partial charge in [0.2, 0.25) is 5.95 Å². The molecule has 1 saturated carbocycles. The van der Waals surface area contributed by atoms with E-state index in [1.165, 1.54) is 10.9 Å². The van der Waals surface area contributed by atoms with Gasteiger partial charge in [-0.3, -0.25) is 0 Å². The molecule has 2 aromatic rings. The van der Waals surface area contributed by atoms with Crippen molar-refractivity contribution in [1.29, 1.82) is 0 Å². The summed E-state index contributed by atoms with van der Waals surface area (Å²) in [6, 6.07) is 9.40. The molecule has 1 atom stereocenters. The highest BCUT2D eigenvalue weighted by atomic mass is 19.1. The fourth-order valence-corrected chi connectivity index (χ4v) is 2.26. The van der Waals surface area contributed by atoms with Crippen LogP contribution in [0.3, 0.4) is 0 Å². The van der Waals surface area contributed by atoms with E-state index in [1.807, 2.05) is 37.3 Å². The number of imidazole rings is 1. The van der Waals surface area contributed by atoms with Gasteiger partial charge >= 0.3 is 5.97 Å². The molecule has 1 aliphatic rings. The molecule has 0 radical (unpaired) electrons. The Balaban J connectivity index is 1.83. The molecule has 21 heavy (non-hydrogen) atoms. The molecule has 1 aromatic heterocycles. The van der Waals surface area contributed by atoms with E-state index >= 15 is 0 Å². The minimum absolute atomic E-state index is 0.105. The first-order valence-corrected chi connectivity index (χ1v) is 7.11. The topological polar surface area (TPSA) is 44.1 Å². The Morgan fingerprint density at radius 2 is 2.14 bits per heavy atom. The van der Waals surface area contributed by atoms with Crippen LogP contribution in [0, 0.1) is 11.9 Å². The van der Waals surface area contributed by atoms with Crippen LogP contribution in [0.2, 0.25) is 0 Å². The number of aromatic nitrogens is 2. The molecule has 5 heteroatoms. The first-order chi connectivity index (χ1) is 10.2. The van der Waals surface area contributed by atoms with Crippen LogP contribution in [0.5, 0.6) is 0 Å². The largest absolute Gasteiger partial charge is 0.461 e. The number of ether oxygens (including phenoxy) is 1. The Bertz CT molecular complexity index is 635. The maximum absolute atomic E-state index is 13.8. The van der Waals surface area contributed by atoms with Crippen molar-refractivity contribution < 1.29 is 13.9 Å². The summed E-state index contributed by atoms with van der Waals surface area (Å²) in [7, 11) is 0. The fraction of sp³-hybridized carbons (Fsp3) is 0.375. The van der Waals surface area contributed by atoms with Crippen molar-refractivity contribution in [2.75, 3.05) is 6.61 Å². The normalized spacial score (nSPS) is 15.7. The highest BCUT2D eigenvalue weighted by Gasteiger charge is 2.27. The van der Waals surface area contributed by atoms with E-state index in [9.17, 15) is 9.18 Å². The van der Waals surface area contributed by atoms with Crippen molar-refractivity contribution in [1.82, 2.24) is 9.55 Å². The predicted octanol–water partition coefficient (Wildman–Crippen LogP) is 3.20. The van der Waals surface area contributed by atoms with Crippen LogP contribution >= 0.6 is 0 Å². The van der Waals surface area contributed by atoms with Gasteiger partial charge in [0.25, 0.3) is 0 Å². The van der Waals surface area contributed by atoms with Gasteiger partial charge in [-0.1, -0.05) is 30.3 Å². The number of benzene rings is 1. The fourth-order valence-electron chi connectivity index (χ4n) is 2.26. The molecule has 4 nitrogen and oxygen atoms in total. The Morgan fingerprint density at radius 1 is 1.43 bits per heavy atom. The lowest BCUT2D eigenvalue weighted by Crippen LogP contribution is -2.17. The third-order valence-corrected chi connectivity index (χ3v) is 3.79. The summed E-state index contributed by atoms with van der Waals surface area (Å²) in [5, 5.41) is 0. The maximum atomic E-state index is 13.8. The Hall–Kier alpha value is -2.17. The minimum Gasteiger partial charge on any atom is -0.461 e. The van der Waals surface area contributed by atoms with E-state index in [2.05, 4.69) is 4.98 Å². The zero-order valence-electron chi connectivity index (χ0n) is 11.8. The molecule has 1 aromatic carbocycles. The van der Waals surface area contributed by atoms with Gasteiger partial charge in [-0.2, -0.15) is 4.39 Å². The van der Waals surface area contributed by atoms with E-state index in [0.717, 1.165) is 18.4 Å². The second-order valence-electron chi connectivity index (χ2n) is 5.42. The van der Waals surface area contributed by atoms with Crippen molar-refractivity contribution in [3.63, 3.8) is 0 Å². The van der Waals surface area contributed by atoms with E-state index in [-0.39, 0.29) is 11.7 Å². The zero-order chi connectivity index (χ0) is 14.8. The number of esters is 1. The molecule has 1 fully saturated rings. The summed E-state index contributed by atoms with van der Waals surface area (Å²) in [4.78, 5) is 15.7. The van der Waals surface area contributed by atoms with E-state index in [4.69, 9.17) is 4.74 Å². The number of carbonyl (C=O) groups excluding carboxylic acids is 1. The summed E-state index contributed by atoms with van der Waals surface area (Å²) < 4.78 is 20.5. The van der Waals surface area contributed by atoms with Crippen LogP contribution in [-0.2, 0) is 4.74 Å². The molecular formula is C16H17FN2O2. The van der Waals surface area contributed by atoms with Gasteiger partial charge in [0, 0.05) is 0 Å². The van der Waals surface area contributed by atoms with E-state index in [1.54, 1.807) is 0 Å². The number of hydrogen-bond donors (Lipinski definition) is 0. The molecule has 1 heterocycles. The highest BCUT2D eigenvalue weighted by Crippen LogP contribution is 2.29. The second kappa shape index (κ2) is 5.68. The molecule has 0 unspecified atom stereocenters. The first kappa shape index (κ1) is 13.8. The molecule has 0 N–H and O–H groups in total. The van der Waals surface area contributed by atoms with Crippen molar-refractivity contribution in [3.8, 4) is 0 Å². The highest BCUT2D eigenvalue weighted by molar-refractivity contribution is 5.87. The average molecular weight is 288 g/mol. The summed E-state index contributed by atoms with van der Waals surface area (Å²) >= 11 is 0. The van der Waals surface area contributed by atoms with Crippen LogP contribution in [0.1, 0.15) is 41.9 Å². The third-order valence-electron chi connectivity index (χ3n) is 3.79. The lowest BCUT2D eigenvalue weighted by molar-refractivity contribution is 0.0466. The Labute approximate surface area is 122 Å². The SMILES string of the molecule is C[C@H](c1ccccc1)n1cnc(F)c1C(=O)OCC1CC1. The molecule has 3 rings (SSSR count). The number of carbonyl (C=O) groups is 1. The van der Waals surface area contributed by atoms with Crippen molar-refractivity contribution >= 4 is 5.97 Å². The molecule has 0 aliphatic heterocycles. The standard InChI is InChI=1S/C16H17FN2O2/c1-11(13-5-3-2-4-6-13)19-10-18-15(17)14(19)16(20)21-9-12-7-8-12/h2-6,10-12H,7-9H2,1H3/t11-/m1/s1. The molecular weight excluding hydrogens is 271 g/mol. The number of hydrogen-bond acceptors (Lipinski definition) is 3.